The van der Waals surface area contributed by atoms with Gasteiger partial charge in [-0.2, -0.15) is 0 Å². The minimum absolute atomic E-state index is 0.864. The lowest BCUT2D eigenvalue weighted by Gasteiger charge is -2.05. The summed E-state index contributed by atoms with van der Waals surface area (Å²) in [6.07, 6.45) is 3.61. The van der Waals surface area contributed by atoms with Gasteiger partial charge in [0.1, 0.15) is 12.0 Å². The van der Waals surface area contributed by atoms with Crippen molar-refractivity contribution < 1.29 is 0 Å². The number of hydrogen-bond acceptors (Lipinski definition) is 2. The highest BCUT2D eigenvalue weighted by Crippen LogP contribution is 2.33. The lowest BCUT2D eigenvalue weighted by atomic mass is 10.0. The van der Waals surface area contributed by atoms with E-state index >= 15 is 0 Å². The highest BCUT2D eigenvalue weighted by Gasteiger charge is 2.13. The van der Waals surface area contributed by atoms with Gasteiger partial charge >= 0.3 is 0 Å². The van der Waals surface area contributed by atoms with Crippen molar-refractivity contribution in [3.8, 4) is 22.4 Å². The molecule has 0 fully saturated rings. The maximum Gasteiger partial charge on any atom is 0.141 e. The molecular formula is C18H13N3. The van der Waals surface area contributed by atoms with Crippen LogP contribution >= 0.6 is 0 Å². The number of H-pyrrole nitrogens is 1. The molecule has 0 radical (unpaired) electrons. The molecule has 100 valence electrons. The van der Waals surface area contributed by atoms with E-state index in [0.717, 1.165) is 33.4 Å². The predicted octanol–water partition coefficient (Wildman–Crippen LogP) is 4.29. The summed E-state index contributed by atoms with van der Waals surface area (Å²) in [6.45, 7) is 0. The maximum absolute atomic E-state index is 4.50. The van der Waals surface area contributed by atoms with Crippen molar-refractivity contribution in [2.45, 2.75) is 0 Å². The van der Waals surface area contributed by atoms with E-state index in [1.54, 1.807) is 6.33 Å². The fraction of sp³-hybridized carbons (Fsp3) is 0. The van der Waals surface area contributed by atoms with Crippen LogP contribution in [0, 0.1) is 0 Å². The van der Waals surface area contributed by atoms with Crippen LogP contribution in [0.25, 0.3) is 33.4 Å². The summed E-state index contributed by atoms with van der Waals surface area (Å²) < 4.78 is 0. The van der Waals surface area contributed by atoms with Crippen molar-refractivity contribution in [3.05, 3.63) is 73.2 Å². The Labute approximate surface area is 122 Å². The van der Waals surface area contributed by atoms with E-state index in [9.17, 15) is 0 Å². The zero-order valence-corrected chi connectivity index (χ0v) is 11.3. The van der Waals surface area contributed by atoms with E-state index in [1.165, 1.54) is 0 Å². The molecule has 4 rings (SSSR count). The first-order valence-corrected chi connectivity index (χ1v) is 6.86. The van der Waals surface area contributed by atoms with Gasteiger partial charge in [-0.1, -0.05) is 60.7 Å². The molecule has 0 saturated heterocycles. The third kappa shape index (κ3) is 1.99. The van der Waals surface area contributed by atoms with E-state index in [0.29, 0.717) is 0 Å². The molecule has 0 unspecified atom stereocenters. The molecule has 2 aromatic carbocycles. The zero-order valence-electron chi connectivity index (χ0n) is 11.3. The second kappa shape index (κ2) is 4.87. The van der Waals surface area contributed by atoms with Crippen LogP contribution in [0.3, 0.4) is 0 Å². The summed E-state index contributed by atoms with van der Waals surface area (Å²) in [6, 6.07) is 20.5. The minimum Gasteiger partial charge on any atom is -0.345 e. The van der Waals surface area contributed by atoms with Crippen LogP contribution in [0.15, 0.2) is 73.2 Å². The van der Waals surface area contributed by atoms with E-state index in [2.05, 4.69) is 39.2 Å². The summed E-state index contributed by atoms with van der Waals surface area (Å²) in [7, 11) is 0. The Morgan fingerprint density at radius 1 is 0.714 bits per heavy atom. The fourth-order valence-corrected chi connectivity index (χ4v) is 2.62. The average molecular weight is 271 g/mol. The smallest absolute Gasteiger partial charge is 0.141 e. The first-order valence-electron chi connectivity index (χ1n) is 6.86. The van der Waals surface area contributed by atoms with Gasteiger partial charge in [-0.15, -0.1) is 0 Å². The van der Waals surface area contributed by atoms with Crippen LogP contribution in [0.5, 0.6) is 0 Å². The largest absolute Gasteiger partial charge is 0.345 e. The average Bonchev–Trinajstić information content (AvgIpc) is 3.00. The number of hydrogen-bond donors (Lipinski definition) is 1. The summed E-state index contributed by atoms with van der Waals surface area (Å²) in [5.74, 6) is 0. The van der Waals surface area contributed by atoms with Gasteiger partial charge < -0.3 is 4.98 Å². The standard InChI is InChI=1S/C18H13N3/c1-3-7-13(8-4-1)15-11-19-18-16(15)17(20-12-21-18)14-9-5-2-6-10-14/h1-12H,(H,19,20,21). The summed E-state index contributed by atoms with van der Waals surface area (Å²) in [5, 5.41) is 1.06. The van der Waals surface area contributed by atoms with Gasteiger partial charge in [-0.05, 0) is 5.56 Å². The number of aromatic nitrogens is 3. The lowest BCUT2D eigenvalue weighted by Crippen LogP contribution is -1.88. The molecule has 0 bridgehead atoms. The number of rotatable bonds is 2. The second-order valence-corrected chi connectivity index (χ2v) is 4.88. The van der Waals surface area contributed by atoms with Crippen LogP contribution in [-0.2, 0) is 0 Å². The highest BCUT2D eigenvalue weighted by atomic mass is 14.9. The van der Waals surface area contributed by atoms with Gasteiger partial charge in [0, 0.05) is 17.3 Å². The number of benzene rings is 2. The Morgan fingerprint density at radius 3 is 2.10 bits per heavy atom. The van der Waals surface area contributed by atoms with Crippen LogP contribution in [0.4, 0.5) is 0 Å². The molecule has 21 heavy (non-hydrogen) atoms. The topological polar surface area (TPSA) is 41.6 Å². The van der Waals surface area contributed by atoms with Crippen LogP contribution in [-0.4, -0.2) is 15.0 Å². The van der Waals surface area contributed by atoms with Crippen LogP contribution in [0.2, 0.25) is 0 Å². The number of nitrogens with one attached hydrogen (secondary N) is 1. The van der Waals surface area contributed by atoms with Crippen LogP contribution in [0.1, 0.15) is 0 Å². The number of aromatic amines is 1. The van der Waals surface area contributed by atoms with Gasteiger partial charge in [0.25, 0.3) is 0 Å². The van der Waals surface area contributed by atoms with E-state index < -0.39 is 0 Å². The molecule has 0 atom stereocenters. The second-order valence-electron chi connectivity index (χ2n) is 4.88. The normalized spacial score (nSPS) is 10.9. The molecule has 0 aliphatic heterocycles. The van der Waals surface area contributed by atoms with Gasteiger partial charge in [0.2, 0.25) is 0 Å². The molecular weight excluding hydrogens is 258 g/mol. The van der Waals surface area contributed by atoms with Crippen molar-refractivity contribution in [1.82, 2.24) is 15.0 Å². The minimum atomic E-state index is 0.864. The quantitative estimate of drug-likeness (QED) is 0.591. The first kappa shape index (κ1) is 11.9. The first-order chi connectivity index (χ1) is 10.4. The summed E-state index contributed by atoms with van der Waals surface area (Å²) in [4.78, 5) is 12.1. The molecule has 0 aliphatic carbocycles. The van der Waals surface area contributed by atoms with Crippen molar-refractivity contribution in [2.24, 2.45) is 0 Å². The van der Waals surface area contributed by atoms with Gasteiger partial charge in [0.15, 0.2) is 0 Å². The Morgan fingerprint density at radius 2 is 1.38 bits per heavy atom. The number of nitrogens with zero attached hydrogens (tertiary/aromatic N) is 2. The van der Waals surface area contributed by atoms with Crippen molar-refractivity contribution in [3.63, 3.8) is 0 Å². The van der Waals surface area contributed by atoms with Crippen molar-refractivity contribution in [1.29, 1.82) is 0 Å². The third-order valence-corrected chi connectivity index (χ3v) is 3.60. The molecule has 0 saturated carbocycles. The van der Waals surface area contributed by atoms with Crippen LogP contribution < -0.4 is 0 Å². The van der Waals surface area contributed by atoms with Crippen molar-refractivity contribution >= 4 is 11.0 Å². The Kier molecular flexibility index (Phi) is 2.75. The lowest BCUT2D eigenvalue weighted by molar-refractivity contribution is 1.20. The molecule has 2 aromatic heterocycles. The molecule has 2 heterocycles. The summed E-state index contributed by atoms with van der Waals surface area (Å²) >= 11 is 0. The molecule has 4 aromatic rings. The Bertz CT molecular complexity index is 880. The molecule has 3 nitrogen and oxygen atoms in total. The molecule has 1 N–H and O–H groups in total. The predicted molar refractivity (Wildman–Crippen MR) is 84.8 cm³/mol. The van der Waals surface area contributed by atoms with Gasteiger partial charge in [-0.25, -0.2) is 9.97 Å². The van der Waals surface area contributed by atoms with Crippen molar-refractivity contribution in [2.75, 3.05) is 0 Å². The molecule has 0 amide bonds. The highest BCUT2D eigenvalue weighted by molar-refractivity contribution is 6.02. The SMILES string of the molecule is c1ccc(-c2c[nH]c3ncnc(-c4ccccc4)c23)cc1. The molecule has 0 aliphatic rings. The maximum atomic E-state index is 4.50. The summed E-state index contributed by atoms with van der Waals surface area (Å²) in [5.41, 5.74) is 5.21. The fourth-order valence-electron chi connectivity index (χ4n) is 2.62. The van der Waals surface area contributed by atoms with E-state index in [1.807, 2.05) is 42.6 Å². The van der Waals surface area contributed by atoms with Gasteiger partial charge in [0.05, 0.1) is 11.1 Å². The monoisotopic (exact) mass is 271 g/mol. The molecule has 0 spiro atoms. The Hall–Kier alpha value is -2.94. The van der Waals surface area contributed by atoms with E-state index in [4.69, 9.17) is 0 Å². The third-order valence-electron chi connectivity index (χ3n) is 3.60. The zero-order chi connectivity index (χ0) is 14.1. The Balaban J connectivity index is 2.03. The number of fused-ring (bicyclic) bond motifs is 1. The molecule has 3 heteroatoms. The van der Waals surface area contributed by atoms with E-state index in [-0.39, 0.29) is 0 Å². The van der Waals surface area contributed by atoms with Gasteiger partial charge in [-0.3, -0.25) is 0 Å².